The number of aryl methyl sites for hydroxylation is 1. The Labute approximate surface area is 113 Å². The first kappa shape index (κ1) is 13.6. The molecule has 0 bridgehead atoms. The van der Waals surface area contributed by atoms with Crippen LogP contribution in [0.4, 0.5) is 0 Å². The fourth-order valence-electron chi connectivity index (χ4n) is 2.30. The molecule has 0 aliphatic heterocycles. The molecule has 1 aromatic heterocycles. The van der Waals surface area contributed by atoms with Crippen molar-refractivity contribution in [2.45, 2.75) is 20.4 Å². The lowest BCUT2D eigenvalue weighted by atomic mass is 10.0. The summed E-state index contributed by atoms with van der Waals surface area (Å²) in [7, 11) is 1.68. The monoisotopic (exact) mass is 257 g/mol. The van der Waals surface area contributed by atoms with E-state index >= 15 is 0 Å². The van der Waals surface area contributed by atoms with Gasteiger partial charge in [-0.3, -0.25) is 4.79 Å². The van der Waals surface area contributed by atoms with Crippen LogP contribution in [-0.4, -0.2) is 24.1 Å². The van der Waals surface area contributed by atoms with Crippen LogP contribution in [0.15, 0.2) is 36.4 Å². The summed E-state index contributed by atoms with van der Waals surface area (Å²) in [6.07, 6.45) is 0. The van der Waals surface area contributed by atoms with Crippen molar-refractivity contribution in [3.63, 3.8) is 0 Å². The highest BCUT2D eigenvalue weighted by atomic mass is 16.5. The van der Waals surface area contributed by atoms with Crippen LogP contribution in [0.5, 0.6) is 0 Å². The van der Waals surface area contributed by atoms with Gasteiger partial charge in [-0.05, 0) is 19.9 Å². The van der Waals surface area contributed by atoms with E-state index in [0.29, 0.717) is 6.61 Å². The number of aromatic nitrogens is 1. The summed E-state index contributed by atoms with van der Waals surface area (Å²) in [5.41, 5.74) is 3.60. The van der Waals surface area contributed by atoms with Crippen LogP contribution in [0, 0.1) is 13.8 Å². The van der Waals surface area contributed by atoms with Gasteiger partial charge in [0.25, 0.3) is 0 Å². The Hall–Kier alpha value is -1.87. The number of methoxy groups -OCH3 is 1. The molecular weight excluding hydrogens is 238 g/mol. The number of ketones is 1. The van der Waals surface area contributed by atoms with Crippen molar-refractivity contribution in [3.8, 4) is 0 Å². The predicted molar refractivity (Wildman–Crippen MR) is 75.7 cm³/mol. The quantitative estimate of drug-likeness (QED) is 0.771. The molecule has 1 heterocycles. The second kappa shape index (κ2) is 5.85. The molecule has 0 saturated heterocycles. The maximum absolute atomic E-state index is 12.5. The van der Waals surface area contributed by atoms with Gasteiger partial charge in [0.2, 0.25) is 0 Å². The van der Waals surface area contributed by atoms with Gasteiger partial charge in [0.1, 0.15) is 0 Å². The van der Waals surface area contributed by atoms with Crippen molar-refractivity contribution in [2.24, 2.45) is 0 Å². The van der Waals surface area contributed by atoms with E-state index in [2.05, 4.69) is 4.57 Å². The van der Waals surface area contributed by atoms with Gasteiger partial charge in [-0.25, -0.2) is 0 Å². The first-order chi connectivity index (χ1) is 9.15. The molecule has 0 aliphatic carbocycles. The van der Waals surface area contributed by atoms with Gasteiger partial charge < -0.3 is 9.30 Å². The number of nitrogens with zero attached hydrogens (tertiary/aromatic N) is 1. The highest BCUT2D eigenvalue weighted by Crippen LogP contribution is 2.18. The maximum atomic E-state index is 12.5. The predicted octanol–water partition coefficient (Wildman–Crippen LogP) is 2.98. The lowest BCUT2D eigenvalue weighted by Crippen LogP contribution is -2.09. The molecule has 2 aromatic rings. The molecule has 2 rings (SSSR count). The summed E-state index contributed by atoms with van der Waals surface area (Å²) < 4.78 is 7.23. The highest BCUT2D eigenvalue weighted by molar-refractivity contribution is 6.09. The van der Waals surface area contributed by atoms with Crippen LogP contribution in [0.3, 0.4) is 0 Å². The Morgan fingerprint density at radius 1 is 1.21 bits per heavy atom. The molecule has 0 aliphatic rings. The van der Waals surface area contributed by atoms with E-state index in [1.165, 1.54) is 0 Å². The van der Waals surface area contributed by atoms with Crippen LogP contribution in [0.1, 0.15) is 27.3 Å². The van der Waals surface area contributed by atoms with Gasteiger partial charge in [-0.15, -0.1) is 0 Å². The minimum atomic E-state index is 0.0809. The lowest BCUT2D eigenvalue weighted by Gasteiger charge is -2.08. The summed E-state index contributed by atoms with van der Waals surface area (Å²) in [5, 5.41) is 0. The first-order valence-electron chi connectivity index (χ1n) is 6.40. The van der Waals surface area contributed by atoms with E-state index in [1.54, 1.807) is 7.11 Å². The van der Waals surface area contributed by atoms with E-state index in [0.717, 1.165) is 29.1 Å². The molecule has 0 N–H and O–H groups in total. The molecule has 0 amide bonds. The van der Waals surface area contributed by atoms with Gasteiger partial charge in [-0.2, -0.15) is 0 Å². The third-order valence-corrected chi connectivity index (χ3v) is 3.37. The van der Waals surface area contributed by atoms with Crippen LogP contribution < -0.4 is 0 Å². The first-order valence-corrected chi connectivity index (χ1v) is 6.40. The van der Waals surface area contributed by atoms with Gasteiger partial charge in [0, 0.05) is 36.2 Å². The largest absolute Gasteiger partial charge is 0.383 e. The summed E-state index contributed by atoms with van der Waals surface area (Å²) in [5.74, 6) is 0.0809. The fraction of sp³-hybridized carbons (Fsp3) is 0.312. The molecule has 1 aromatic carbocycles. The molecule has 0 saturated carbocycles. The minimum absolute atomic E-state index is 0.0809. The van der Waals surface area contributed by atoms with Gasteiger partial charge in [0.15, 0.2) is 5.78 Å². The molecule has 0 spiro atoms. The van der Waals surface area contributed by atoms with Crippen LogP contribution in [0.25, 0.3) is 0 Å². The summed E-state index contributed by atoms with van der Waals surface area (Å²) in [4.78, 5) is 12.5. The second-order valence-electron chi connectivity index (χ2n) is 4.62. The van der Waals surface area contributed by atoms with Crippen molar-refractivity contribution >= 4 is 5.78 Å². The van der Waals surface area contributed by atoms with Crippen molar-refractivity contribution in [2.75, 3.05) is 13.7 Å². The summed E-state index contributed by atoms with van der Waals surface area (Å²) >= 11 is 0. The smallest absolute Gasteiger partial charge is 0.194 e. The second-order valence-corrected chi connectivity index (χ2v) is 4.62. The SMILES string of the molecule is COCCn1c(C)cc(C(=O)c2ccccc2)c1C. The topological polar surface area (TPSA) is 31.2 Å². The zero-order chi connectivity index (χ0) is 13.8. The number of hydrogen-bond donors (Lipinski definition) is 0. The van der Waals surface area contributed by atoms with Gasteiger partial charge in [-0.1, -0.05) is 30.3 Å². The Kier molecular flexibility index (Phi) is 4.17. The molecule has 0 unspecified atom stereocenters. The third kappa shape index (κ3) is 2.76. The third-order valence-electron chi connectivity index (χ3n) is 3.37. The van der Waals surface area contributed by atoms with Crippen molar-refractivity contribution in [3.05, 3.63) is 58.9 Å². The standard InChI is InChI=1S/C16H19NO2/c1-12-11-15(13(2)17(12)9-10-19-3)16(18)14-7-5-4-6-8-14/h4-8,11H,9-10H2,1-3H3. The van der Waals surface area contributed by atoms with Crippen molar-refractivity contribution < 1.29 is 9.53 Å². The average Bonchev–Trinajstić information content (AvgIpc) is 2.72. The zero-order valence-corrected chi connectivity index (χ0v) is 11.6. The number of hydrogen-bond acceptors (Lipinski definition) is 2. The molecular formula is C16H19NO2. The number of rotatable bonds is 5. The van der Waals surface area contributed by atoms with E-state index in [4.69, 9.17) is 4.74 Å². The zero-order valence-electron chi connectivity index (χ0n) is 11.6. The number of ether oxygens (including phenoxy) is 1. The lowest BCUT2D eigenvalue weighted by molar-refractivity contribution is 0.103. The summed E-state index contributed by atoms with van der Waals surface area (Å²) in [6.45, 7) is 5.43. The number of benzene rings is 1. The van der Waals surface area contributed by atoms with Crippen LogP contribution in [0.2, 0.25) is 0 Å². The Morgan fingerprint density at radius 3 is 2.53 bits per heavy atom. The fourth-order valence-corrected chi connectivity index (χ4v) is 2.30. The molecule has 0 fully saturated rings. The van der Waals surface area contributed by atoms with Crippen molar-refractivity contribution in [1.29, 1.82) is 0 Å². The molecule has 0 atom stereocenters. The highest BCUT2D eigenvalue weighted by Gasteiger charge is 2.16. The molecule has 19 heavy (non-hydrogen) atoms. The molecule has 3 nitrogen and oxygen atoms in total. The molecule has 0 radical (unpaired) electrons. The normalized spacial score (nSPS) is 10.7. The van der Waals surface area contributed by atoms with Gasteiger partial charge >= 0.3 is 0 Å². The van der Waals surface area contributed by atoms with Gasteiger partial charge in [0.05, 0.1) is 6.61 Å². The Balaban J connectivity index is 2.33. The maximum Gasteiger partial charge on any atom is 0.194 e. The number of carbonyl (C=O) groups excluding carboxylic acids is 1. The van der Waals surface area contributed by atoms with E-state index in [-0.39, 0.29) is 5.78 Å². The Morgan fingerprint density at radius 2 is 1.89 bits per heavy atom. The molecule has 100 valence electrons. The number of carbonyl (C=O) groups is 1. The summed E-state index contributed by atoms with van der Waals surface area (Å²) in [6, 6.07) is 11.3. The average molecular weight is 257 g/mol. The molecule has 3 heteroatoms. The van der Waals surface area contributed by atoms with E-state index in [9.17, 15) is 4.79 Å². The van der Waals surface area contributed by atoms with Crippen LogP contribution >= 0.6 is 0 Å². The Bertz CT molecular complexity index is 570. The van der Waals surface area contributed by atoms with Crippen LogP contribution in [-0.2, 0) is 11.3 Å². The van der Waals surface area contributed by atoms with E-state index < -0.39 is 0 Å². The van der Waals surface area contributed by atoms with E-state index in [1.807, 2.05) is 50.2 Å². The van der Waals surface area contributed by atoms with Crippen molar-refractivity contribution in [1.82, 2.24) is 4.57 Å². The minimum Gasteiger partial charge on any atom is -0.383 e.